The van der Waals surface area contributed by atoms with E-state index in [-0.39, 0.29) is 9.79 Å². The normalized spacial score (nSPS) is 13.5. The smallest absolute Gasteiger partial charge is 0.282 e. The number of benzene rings is 4. The van der Waals surface area contributed by atoms with Gasteiger partial charge in [-0.3, -0.25) is 18.5 Å². The van der Waals surface area contributed by atoms with Crippen LogP contribution in [-0.2, 0) is 46.2 Å². The van der Waals surface area contributed by atoms with Gasteiger partial charge in [0.25, 0.3) is 20.2 Å². The fourth-order valence-electron chi connectivity index (χ4n) is 7.52. The first-order valence-corrected chi connectivity index (χ1v) is 21.0. The van der Waals surface area contributed by atoms with Crippen molar-refractivity contribution in [2.24, 2.45) is 0 Å². The molecule has 2 aromatic heterocycles. The first-order valence-electron chi connectivity index (χ1n) is 18.2. The fourth-order valence-corrected chi connectivity index (χ4v) is 8.54. The van der Waals surface area contributed by atoms with Crippen molar-refractivity contribution in [1.29, 1.82) is 0 Å². The second-order valence-corrected chi connectivity index (χ2v) is 17.2. The van der Waals surface area contributed by atoms with Crippen LogP contribution in [-0.4, -0.2) is 45.5 Å². The Morgan fingerprint density at radius 2 is 1.00 bits per heavy atom. The summed E-state index contributed by atoms with van der Waals surface area (Å²) in [4.78, 5) is -0.266. The van der Waals surface area contributed by atoms with Gasteiger partial charge in [-0.15, -0.1) is 0 Å². The Morgan fingerprint density at radius 3 is 1.38 bits per heavy atom. The summed E-state index contributed by atoms with van der Waals surface area (Å²) in [5, 5.41) is 9.93. The van der Waals surface area contributed by atoms with Crippen LogP contribution in [0.2, 0.25) is 0 Å². The highest BCUT2D eigenvalue weighted by Gasteiger charge is 2.30. The molecule has 4 aromatic carbocycles. The fraction of sp³-hybridized carbons (Fsp3) is 0.209. The molecule has 0 atom stereocenters. The van der Waals surface area contributed by atoms with Gasteiger partial charge >= 0.3 is 0 Å². The van der Waals surface area contributed by atoms with Crippen molar-refractivity contribution in [3.05, 3.63) is 153 Å². The van der Waals surface area contributed by atoms with Gasteiger partial charge in [0.05, 0.1) is 45.7 Å². The molecule has 2 aliphatic carbocycles. The predicted molar refractivity (Wildman–Crippen MR) is 213 cm³/mol. The summed E-state index contributed by atoms with van der Waals surface area (Å²) in [7, 11) is -8.72. The summed E-state index contributed by atoms with van der Waals surface area (Å²) < 4.78 is 71.3. The maximum Gasteiger partial charge on any atom is 0.294 e. The molecule has 2 N–H and O–H groups in total. The molecule has 2 heterocycles. The molecule has 0 spiro atoms. The number of aryl methyl sites for hydroxylation is 2. The third-order valence-corrected chi connectivity index (χ3v) is 12.1. The van der Waals surface area contributed by atoms with Crippen LogP contribution in [0.4, 0.5) is 0 Å². The Morgan fingerprint density at radius 1 is 0.600 bits per heavy atom. The number of aromatic nitrogens is 4. The minimum absolute atomic E-state index is 0.133. The van der Waals surface area contributed by atoms with Crippen molar-refractivity contribution in [2.45, 2.75) is 68.8 Å². The van der Waals surface area contributed by atoms with Crippen LogP contribution < -0.4 is 0 Å². The highest BCUT2D eigenvalue weighted by Crippen LogP contribution is 2.42. The molecule has 0 aliphatic heterocycles. The molecule has 0 fully saturated rings. The van der Waals surface area contributed by atoms with E-state index in [1.807, 2.05) is 35.4 Å². The molecule has 0 bridgehead atoms. The van der Waals surface area contributed by atoms with Crippen LogP contribution >= 0.6 is 0 Å². The summed E-state index contributed by atoms with van der Waals surface area (Å²) in [6.45, 7) is 5.13. The second kappa shape index (κ2) is 14.3. The van der Waals surface area contributed by atoms with Crippen molar-refractivity contribution in [1.82, 2.24) is 19.6 Å². The molecule has 0 amide bonds. The summed E-state index contributed by atoms with van der Waals surface area (Å²) in [6.07, 6.45) is 12.1. The molecule has 12 heteroatoms. The Labute approximate surface area is 321 Å². The number of hydrogen-bond donors (Lipinski definition) is 2. The monoisotopic (exact) mass is 772 g/mol. The average Bonchev–Trinajstić information content (AvgIpc) is 3.89. The Kier molecular flexibility index (Phi) is 9.54. The van der Waals surface area contributed by atoms with Gasteiger partial charge in [-0.1, -0.05) is 83.9 Å². The van der Waals surface area contributed by atoms with Crippen molar-refractivity contribution in [3.8, 4) is 22.5 Å². The van der Waals surface area contributed by atoms with Crippen LogP contribution in [0.1, 0.15) is 75.2 Å². The van der Waals surface area contributed by atoms with Crippen LogP contribution in [0.25, 0.3) is 34.7 Å². The third-order valence-electron chi connectivity index (χ3n) is 10.4. The Balaban J connectivity index is 0.997. The number of allylic oxidation sites excluding steroid dienone is 2. The van der Waals surface area contributed by atoms with Gasteiger partial charge in [-0.2, -0.15) is 27.0 Å². The average molecular weight is 773 g/mol. The third kappa shape index (κ3) is 7.50. The number of fused-ring (bicyclic) bond motifs is 6. The summed E-state index contributed by atoms with van der Waals surface area (Å²) in [6, 6.07) is 26.0. The van der Waals surface area contributed by atoms with E-state index in [0.717, 1.165) is 97.7 Å². The molecule has 8 rings (SSSR count). The number of hydrogen-bond acceptors (Lipinski definition) is 6. The lowest BCUT2D eigenvalue weighted by atomic mass is 10.1. The summed E-state index contributed by atoms with van der Waals surface area (Å²) in [5.74, 6) is 0. The van der Waals surface area contributed by atoms with Gasteiger partial charge in [-0.05, 0) is 91.8 Å². The van der Waals surface area contributed by atoms with E-state index in [0.29, 0.717) is 25.9 Å². The molecule has 280 valence electrons. The number of unbranched alkanes of at least 4 members (excludes halogenated alkanes) is 2. The van der Waals surface area contributed by atoms with Crippen LogP contribution in [0.3, 0.4) is 0 Å². The number of rotatable bonds is 12. The van der Waals surface area contributed by atoms with Crippen LogP contribution in [0, 0.1) is 13.8 Å². The van der Waals surface area contributed by atoms with Gasteiger partial charge in [0.1, 0.15) is 0 Å². The lowest BCUT2D eigenvalue weighted by Gasteiger charge is -2.09. The molecule has 0 unspecified atom stereocenters. The first-order chi connectivity index (χ1) is 26.3. The summed E-state index contributed by atoms with van der Waals surface area (Å²) in [5.41, 5.74) is 13.5. The van der Waals surface area contributed by atoms with Gasteiger partial charge in [0.2, 0.25) is 0 Å². The summed E-state index contributed by atoms with van der Waals surface area (Å²) >= 11 is 0. The lowest BCUT2D eigenvalue weighted by Crippen LogP contribution is -2.05. The van der Waals surface area contributed by atoms with E-state index < -0.39 is 20.2 Å². The molecule has 0 radical (unpaired) electrons. The number of nitrogens with zero attached hydrogens (tertiary/aromatic N) is 4. The molecule has 6 aromatic rings. The van der Waals surface area contributed by atoms with Crippen molar-refractivity contribution in [2.75, 3.05) is 0 Å². The topological polar surface area (TPSA) is 144 Å². The molecule has 0 saturated heterocycles. The van der Waals surface area contributed by atoms with Gasteiger partial charge in [0.15, 0.2) is 0 Å². The molecule has 2 aliphatic rings. The maximum atomic E-state index is 12.0. The van der Waals surface area contributed by atoms with Crippen molar-refractivity contribution < 1.29 is 25.9 Å². The zero-order chi connectivity index (χ0) is 38.5. The van der Waals surface area contributed by atoms with Crippen molar-refractivity contribution >= 4 is 32.4 Å². The van der Waals surface area contributed by atoms with Gasteiger partial charge in [0, 0.05) is 35.1 Å². The SMILES string of the molecule is Cc1ccc(Cn2nc(/C=C/CCC/C=C/c3nn(Cc4ccc(C)cc4)c4c3Cc3ccc(S(=O)(=O)O)cc3-4)c3c2-c2cc(S(=O)(=O)O)ccc2C3)cc1. The van der Waals surface area contributed by atoms with Crippen LogP contribution in [0.15, 0.2) is 107 Å². The zero-order valence-corrected chi connectivity index (χ0v) is 32.1. The Hall–Kier alpha value is -5.40. The van der Waals surface area contributed by atoms with E-state index in [2.05, 4.69) is 60.7 Å². The van der Waals surface area contributed by atoms with Crippen LogP contribution in [0.5, 0.6) is 0 Å². The van der Waals surface area contributed by atoms with Gasteiger partial charge in [-0.25, -0.2) is 0 Å². The van der Waals surface area contributed by atoms with Crippen molar-refractivity contribution in [3.63, 3.8) is 0 Å². The van der Waals surface area contributed by atoms with E-state index in [1.165, 1.54) is 12.1 Å². The highest BCUT2D eigenvalue weighted by molar-refractivity contribution is 7.86. The maximum absolute atomic E-state index is 12.0. The largest absolute Gasteiger partial charge is 0.294 e. The first kappa shape index (κ1) is 36.6. The minimum Gasteiger partial charge on any atom is -0.282 e. The van der Waals surface area contributed by atoms with Gasteiger partial charge < -0.3 is 0 Å². The van der Waals surface area contributed by atoms with E-state index in [9.17, 15) is 25.9 Å². The molecule has 55 heavy (non-hydrogen) atoms. The zero-order valence-electron chi connectivity index (χ0n) is 30.5. The quantitative estimate of drug-likeness (QED) is 0.0932. The molecule has 0 saturated carbocycles. The van der Waals surface area contributed by atoms with E-state index >= 15 is 0 Å². The standard InChI is InChI=1S/C43H40N4O6S2/c1-28-10-14-30(15-11-28)26-46-42-36-24-34(54(48,49)50)20-18-32(36)22-38(42)40(44-46)8-6-4-3-5-7-9-41-39-23-33-19-21-35(55(51,52)53)25-37(33)43(39)47(45-41)27-31-16-12-29(2)13-17-31/h6-21,24-25H,3-5,22-23,26-27H2,1-2H3,(H,48,49,50)(H,51,52,53)/b8-6+,9-7+. The minimum atomic E-state index is -4.36. The second-order valence-electron chi connectivity index (χ2n) is 14.4. The Bertz CT molecular complexity index is 2550. The predicted octanol–water partition coefficient (Wildman–Crippen LogP) is 8.33. The highest BCUT2D eigenvalue weighted by atomic mass is 32.2. The van der Waals surface area contributed by atoms with E-state index in [4.69, 9.17) is 10.2 Å². The molecular weight excluding hydrogens is 733 g/mol. The molecular formula is C43H40N4O6S2. The van der Waals surface area contributed by atoms with E-state index in [1.54, 1.807) is 24.3 Å². The molecule has 10 nitrogen and oxygen atoms in total. The lowest BCUT2D eigenvalue weighted by molar-refractivity contribution is 0.481.